The van der Waals surface area contributed by atoms with Crippen LogP contribution in [0.25, 0.3) is 11.3 Å². The molecule has 6 nitrogen and oxygen atoms in total. The van der Waals surface area contributed by atoms with Crippen molar-refractivity contribution in [2.45, 2.75) is 6.04 Å². The second-order valence-corrected chi connectivity index (χ2v) is 6.59. The van der Waals surface area contributed by atoms with Crippen molar-refractivity contribution in [1.29, 1.82) is 0 Å². The van der Waals surface area contributed by atoms with E-state index in [9.17, 15) is 4.79 Å². The maximum atomic E-state index is 12.7. The number of methoxy groups -OCH3 is 1. The normalized spacial score (nSPS) is 14.2. The van der Waals surface area contributed by atoms with Gasteiger partial charge in [0.05, 0.1) is 24.9 Å². The average molecular weight is 369 g/mol. The van der Waals surface area contributed by atoms with Crippen LogP contribution in [-0.2, 0) is 0 Å². The number of likely N-dealkylation sites (tertiary alicyclic amines) is 1. The van der Waals surface area contributed by atoms with Crippen molar-refractivity contribution >= 4 is 17.5 Å². The van der Waals surface area contributed by atoms with E-state index in [2.05, 4.69) is 10.3 Å². The van der Waals surface area contributed by atoms with Crippen molar-refractivity contribution in [3.63, 3.8) is 0 Å². The molecule has 1 aliphatic rings. The molecule has 0 saturated carbocycles. The zero-order valence-corrected chi connectivity index (χ0v) is 14.9. The van der Waals surface area contributed by atoms with Crippen molar-refractivity contribution in [2.24, 2.45) is 0 Å². The van der Waals surface area contributed by atoms with Crippen LogP contribution < -0.4 is 4.74 Å². The molecule has 0 radical (unpaired) electrons. The van der Waals surface area contributed by atoms with E-state index in [-0.39, 0.29) is 11.9 Å². The van der Waals surface area contributed by atoms with Gasteiger partial charge in [0.1, 0.15) is 11.4 Å². The molecule has 7 heteroatoms. The standard InChI is InChI=1S/C19H17ClN4O2/c1-26-18-8-7-14(20)9-16(18)19(25)23-10-15(11-23)24-12-17(21-22-24)13-5-3-2-4-6-13/h2-9,12,15H,10-11H2,1H3. The van der Waals surface area contributed by atoms with Gasteiger partial charge in [0.15, 0.2) is 0 Å². The van der Waals surface area contributed by atoms with Crippen molar-refractivity contribution in [3.05, 3.63) is 65.3 Å². The molecule has 0 unspecified atom stereocenters. The van der Waals surface area contributed by atoms with Gasteiger partial charge in [-0.3, -0.25) is 4.79 Å². The first-order valence-electron chi connectivity index (χ1n) is 8.26. The molecule has 132 valence electrons. The predicted molar refractivity (Wildman–Crippen MR) is 98.4 cm³/mol. The quantitative estimate of drug-likeness (QED) is 0.709. The first-order valence-corrected chi connectivity index (χ1v) is 8.63. The topological polar surface area (TPSA) is 60.2 Å². The number of aromatic nitrogens is 3. The molecule has 0 bridgehead atoms. The first kappa shape index (κ1) is 16.6. The smallest absolute Gasteiger partial charge is 0.257 e. The molecule has 1 fully saturated rings. The van der Waals surface area contributed by atoms with E-state index in [0.29, 0.717) is 29.4 Å². The number of benzene rings is 2. The highest BCUT2D eigenvalue weighted by atomic mass is 35.5. The summed E-state index contributed by atoms with van der Waals surface area (Å²) in [5, 5.41) is 8.95. The molecule has 0 aliphatic carbocycles. The van der Waals surface area contributed by atoms with Gasteiger partial charge in [0, 0.05) is 23.7 Å². The molecular formula is C19H17ClN4O2. The Morgan fingerprint density at radius 3 is 2.69 bits per heavy atom. The number of rotatable bonds is 4. The Morgan fingerprint density at radius 2 is 1.96 bits per heavy atom. The highest BCUT2D eigenvalue weighted by Crippen LogP contribution is 2.29. The Hall–Kier alpha value is -2.86. The van der Waals surface area contributed by atoms with Crippen LogP contribution in [0.2, 0.25) is 5.02 Å². The van der Waals surface area contributed by atoms with Gasteiger partial charge >= 0.3 is 0 Å². The number of carbonyl (C=O) groups excluding carboxylic acids is 1. The Kier molecular flexibility index (Phi) is 4.34. The Labute approximate surface area is 155 Å². The largest absolute Gasteiger partial charge is 0.496 e. The number of ether oxygens (including phenoxy) is 1. The summed E-state index contributed by atoms with van der Waals surface area (Å²) in [6, 6.07) is 15.1. The van der Waals surface area contributed by atoms with E-state index in [1.807, 2.05) is 41.2 Å². The lowest BCUT2D eigenvalue weighted by molar-refractivity contribution is 0.0495. The first-order chi connectivity index (χ1) is 12.7. The molecule has 0 atom stereocenters. The van der Waals surface area contributed by atoms with Gasteiger partial charge in [-0.05, 0) is 18.2 Å². The van der Waals surface area contributed by atoms with Gasteiger partial charge in [-0.2, -0.15) is 0 Å². The van der Waals surface area contributed by atoms with Crippen LogP contribution in [0.15, 0.2) is 54.7 Å². The molecule has 2 aromatic carbocycles. The fraction of sp³-hybridized carbons (Fsp3) is 0.211. The van der Waals surface area contributed by atoms with Crippen LogP contribution in [0.1, 0.15) is 16.4 Å². The Morgan fingerprint density at radius 1 is 1.19 bits per heavy atom. The third-order valence-corrected chi connectivity index (χ3v) is 4.73. The molecule has 1 saturated heterocycles. The minimum Gasteiger partial charge on any atom is -0.496 e. The minimum absolute atomic E-state index is 0.0935. The molecule has 4 rings (SSSR count). The molecule has 2 heterocycles. The van der Waals surface area contributed by atoms with Gasteiger partial charge in [0.25, 0.3) is 5.91 Å². The highest BCUT2D eigenvalue weighted by Gasteiger charge is 2.34. The lowest BCUT2D eigenvalue weighted by Gasteiger charge is -2.39. The zero-order valence-electron chi connectivity index (χ0n) is 14.2. The van der Waals surface area contributed by atoms with Crippen LogP contribution in [0.3, 0.4) is 0 Å². The number of halogens is 1. The molecule has 1 aliphatic heterocycles. The lowest BCUT2D eigenvalue weighted by Crippen LogP contribution is -2.51. The maximum absolute atomic E-state index is 12.7. The summed E-state index contributed by atoms with van der Waals surface area (Å²) in [7, 11) is 1.54. The molecule has 0 N–H and O–H groups in total. The number of amides is 1. The summed E-state index contributed by atoms with van der Waals surface area (Å²) in [6.07, 6.45) is 1.92. The third-order valence-electron chi connectivity index (χ3n) is 4.50. The van der Waals surface area contributed by atoms with Gasteiger partial charge in [-0.25, -0.2) is 4.68 Å². The minimum atomic E-state index is -0.0935. The van der Waals surface area contributed by atoms with Crippen LogP contribution >= 0.6 is 11.6 Å². The zero-order chi connectivity index (χ0) is 18.1. The van der Waals surface area contributed by atoms with Gasteiger partial charge in [0.2, 0.25) is 0 Å². The van der Waals surface area contributed by atoms with E-state index in [1.54, 1.807) is 30.2 Å². The van der Waals surface area contributed by atoms with E-state index in [1.165, 1.54) is 0 Å². The Bertz CT molecular complexity index is 936. The van der Waals surface area contributed by atoms with Crippen molar-refractivity contribution < 1.29 is 9.53 Å². The molecule has 26 heavy (non-hydrogen) atoms. The Balaban J connectivity index is 1.45. The van der Waals surface area contributed by atoms with Crippen molar-refractivity contribution in [3.8, 4) is 17.0 Å². The van der Waals surface area contributed by atoms with Crippen molar-refractivity contribution in [1.82, 2.24) is 19.9 Å². The second kappa shape index (κ2) is 6.80. The summed E-state index contributed by atoms with van der Waals surface area (Å²) in [6.45, 7) is 1.15. The SMILES string of the molecule is COc1ccc(Cl)cc1C(=O)N1CC(n2cc(-c3ccccc3)nn2)C1. The van der Waals surface area contributed by atoms with Gasteiger partial charge < -0.3 is 9.64 Å². The van der Waals surface area contributed by atoms with Crippen LogP contribution in [-0.4, -0.2) is 46.0 Å². The summed E-state index contributed by atoms with van der Waals surface area (Å²) in [5.41, 5.74) is 2.32. The fourth-order valence-corrected chi connectivity index (χ4v) is 3.17. The third kappa shape index (κ3) is 3.04. The summed E-state index contributed by atoms with van der Waals surface area (Å²) >= 11 is 6.02. The van der Waals surface area contributed by atoms with Gasteiger partial charge in [-0.15, -0.1) is 5.10 Å². The number of hydrogen-bond acceptors (Lipinski definition) is 4. The monoisotopic (exact) mass is 368 g/mol. The lowest BCUT2D eigenvalue weighted by atomic mass is 10.1. The van der Waals surface area contributed by atoms with E-state index < -0.39 is 0 Å². The summed E-state index contributed by atoms with van der Waals surface area (Å²) in [5.74, 6) is 0.430. The molecule has 0 spiro atoms. The number of hydrogen-bond donors (Lipinski definition) is 0. The van der Waals surface area contributed by atoms with E-state index in [4.69, 9.17) is 16.3 Å². The second-order valence-electron chi connectivity index (χ2n) is 6.16. The summed E-state index contributed by atoms with van der Waals surface area (Å²) in [4.78, 5) is 14.5. The van der Waals surface area contributed by atoms with Gasteiger partial charge in [-0.1, -0.05) is 47.1 Å². The van der Waals surface area contributed by atoms with Crippen LogP contribution in [0.4, 0.5) is 0 Å². The van der Waals surface area contributed by atoms with Crippen LogP contribution in [0, 0.1) is 0 Å². The fourth-order valence-electron chi connectivity index (χ4n) is 3.00. The van der Waals surface area contributed by atoms with E-state index >= 15 is 0 Å². The molecular weight excluding hydrogens is 352 g/mol. The number of nitrogens with zero attached hydrogens (tertiary/aromatic N) is 4. The molecule has 1 aromatic heterocycles. The summed E-state index contributed by atoms with van der Waals surface area (Å²) < 4.78 is 7.09. The predicted octanol–water partition coefficient (Wildman–Crippen LogP) is 3.30. The maximum Gasteiger partial charge on any atom is 0.257 e. The highest BCUT2D eigenvalue weighted by molar-refractivity contribution is 6.31. The van der Waals surface area contributed by atoms with Crippen molar-refractivity contribution in [2.75, 3.05) is 20.2 Å². The van der Waals surface area contributed by atoms with Crippen LogP contribution in [0.5, 0.6) is 5.75 Å². The number of carbonyl (C=O) groups is 1. The molecule has 1 amide bonds. The van der Waals surface area contributed by atoms with E-state index in [0.717, 1.165) is 11.3 Å². The average Bonchev–Trinajstić information content (AvgIpc) is 3.10. The molecule has 3 aromatic rings.